The van der Waals surface area contributed by atoms with Gasteiger partial charge in [-0.1, -0.05) is 63.2 Å². The molecule has 2 fully saturated rings. The number of aliphatic carboxylic acids is 1. The van der Waals surface area contributed by atoms with Crippen molar-refractivity contribution in [1.82, 2.24) is 15.5 Å². The van der Waals surface area contributed by atoms with Gasteiger partial charge in [-0.25, -0.2) is 9.59 Å². The first kappa shape index (κ1) is 30.9. The third-order valence-electron chi connectivity index (χ3n) is 7.69. The fourth-order valence-electron chi connectivity index (χ4n) is 5.41. The number of hydrogen-bond donors (Lipinski definition) is 3. The Bertz CT molecular complexity index is 1390. The van der Waals surface area contributed by atoms with Crippen molar-refractivity contribution in [3.63, 3.8) is 0 Å². The molecule has 42 heavy (non-hydrogen) atoms. The molecule has 0 bridgehead atoms. The summed E-state index contributed by atoms with van der Waals surface area (Å²) in [6.07, 6.45) is 0.556. The van der Waals surface area contributed by atoms with Gasteiger partial charge in [0.25, 0.3) is 0 Å². The number of nitrogens with one attached hydrogen (secondary N) is 2. The molecule has 0 aromatic heterocycles. The number of ether oxygens (including phenoxy) is 2. The standard InChI is InChI=1S/C32H41N3O7/c1-8-20-17-32(20,28(38)39)34-26(36)23-16-21(41-24-15-11-13-19-12-9-10-14-22(19)24)18-35(23)27(37)25(30(2,3)4)33-29(40)42-31(5,6)7/h8-15,20-21,23,25H,1,16-18H2,2-7H3,(H,33,40)(H,34,36)(H,38,39)/t20?,21-,23+,25-,32-/m1/s1. The Labute approximate surface area is 246 Å². The summed E-state index contributed by atoms with van der Waals surface area (Å²) in [4.78, 5) is 54.1. The van der Waals surface area contributed by atoms with Gasteiger partial charge >= 0.3 is 12.1 Å². The summed E-state index contributed by atoms with van der Waals surface area (Å²) in [5.41, 5.74) is -2.98. The molecule has 5 atom stereocenters. The zero-order valence-electron chi connectivity index (χ0n) is 25.1. The van der Waals surface area contributed by atoms with Crippen LogP contribution < -0.4 is 15.4 Å². The molecule has 0 spiro atoms. The van der Waals surface area contributed by atoms with Crippen LogP contribution in [0.3, 0.4) is 0 Å². The first-order chi connectivity index (χ1) is 19.6. The van der Waals surface area contributed by atoms with E-state index in [0.717, 1.165) is 10.8 Å². The molecule has 2 aliphatic rings. The molecule has 2 aromatic carbocycles. The molecule has 1 heterocycles. The number of carbonyl (C=O) groups excluding carboxylic acids is 3. The Hall–Kier alpha value is -4.08. The maximum Gasteiger partial charge on any atom is 0.408 e. The summed E-state index contributed by atoms with van der Waals surface area (Å²) in [7, 11) is 0. The van der Waals surface area contributed by atoms with Crippen molar-refractivity contribution >= 4 is 34.6 Å². The normalized spacial score (nSPS) is 24.4. The molecule has 2 aromatic rings. The van der Waals surface area contributed by atoms with Crippen LogP contribution in [0.15, 0.2) is 55.1 Å². The number of likely N-dealkylation sites (tertiary alicyclic amines) is 1. The molecule has 4 rings (SSSR count). The van der Waals surface area contributed by atoms with E-state index in [-0.39, 0.29) is 19.4 Å². The lowest BCUT2D eigenvalue weighted by molar-refractivity contribution is -0.146. The van der Waals surface area contributed by atoms with Crippen LogP contribution in [0.2, 0.25) is 0 Å². The molecule has 226 valence electrons. The number of amides is 3. The van der Waals surface area contributed by atoms with Crippen LogP contribution in [0.5, 0.6) is 5.75 Å². The van der Waals surface area contributed by atoms with Gasteiger partial charge in [0, 0.05) is 17.7 Å². The van der Waals surface area contributed by atoms with Gasteiger partial charge in [0.15, 0.2) is 0 Å². The quantitative estimate of drug-likeness (QED) is 0.398. The highest BCUT2D eigenvalue weighted by Gasteiger charge is 2.61. The zero-order chi connectivity index (χ0) is 31.0. The number of carboxylic acid groups (broad SMARTS) is 1. The maximum absolute atomic E-state index is 14.1. The monoisotopic (exact) mass is 579 g/mol. The average Bonchev–Trinajstić information content (AvgIpc) is 3.45. The lowest BCUT2D eigenvalue weighted by atomic mass is 9.85. The zero-order valence-corrected chi connectivity index (χ0v) is 25.1. The predicted molar refractivity (Wildman–Crippen MR) is 158 cm³/mol. The molecule has 0 radical (unpaired) electrons. The minimum atomic E-state index is -1.46. The van der Waals surface area contributed by atoms with E-state index in [0.29, 0.717) is 5.75 Å². The summed E-state index contributed by atoms with van der Waals surface area (Å²) in [5, 5.41) is 17.1. The van der Waals surface area contributed by atoms with Crippen molar-refractivity contribution in [1.29, 1.82) is 0 Å². The largest absolute Gasteiger partial charge is 0.488 e. The van der Waals surface area contributed by atoms with Crippen LogP contribution >= 0.6 is 0 Å². The van der Waals surface area contributed by atoms with E-state index in [1.165, 1.54) is 11.0 Å². The van der Waals surface area contributed by atoms with Crippen molar-refractivity contribution in [2.24, 2.45) is 11.3 Å². The highest BCUT2D eigenvalue weighted by atomic mass is 16.6. The van der Waals surface area contributed by atoms with Crippen molar-refractivity contribution < 1.29 is 33.8 Å². The Kier molecular flexibility index (Phi) is 8.31. The highest BCUT2D eigenvalue weighted by Crippen LogP contribution is 2.45. The van der Waals surface area contributed by atoms with Gasteiger partial charge < -0.3 is 30.1 Å². The molecule has 1 saturated heterocycles. The van der Waals surface area contributed by atoms with Crippen molar-refractivity contribution in [3.8, 4) is 5.75 Å². The van der Waals surface area contributed by atoms with E-state index < -0.39 is 64.5 Å². The van der Waals surface area contributed by atoms with Crippen LogP contribution in [-0.2, 0) is 19.1 Å². The number of alkyl carbamates (subject to hydrolysis) is 1. The van der Waals surface area contributed by atoms with Gasteiger partial charge in [0.1, 0.15) is 35.1 Å². The number of hydrogen-bond acceptors (Lipinski definition) is 6. The van der Waals surface area contributed by atoms with Gasteiger partial charge in [-0.05, 0) is 44.1 Å². The van der Waals surface area contributed by atoms with E-state index >= 15 is 0 Å². The van der Waals surface area contributed by atoms with Gasteiger partial charge in [-0.15, -0.1) is 6.58 Å². The lowest BCUT2D eigenvalue weighted by Gasteiger charge is -2.35. The summed E-state index contributed by atoms with van der Waals surface area (Å²) < 4.78 is 11.8. The Morgan fingerprint density at radius 2 is 1.74 bits per heavy atom. The summed E-state index contributed by atoms with van der Waals surface area (Å²) >= 11 is 0. The molecular weight excluding hydrogens is 538 g/mol. The van der Waals surface area contributed by atoms with Crippen LogP contribution in [0.4, 0.5) is 4.79 Å². The predicted octanol–water partition coefficient (Wildman–Crippen LogP) is 4.27. The number of nitrogens with zero attached hydrogens (tertiary/aromatic N) is 1. The minimum absolute atomic E-state index is 0.0632. The lowest BCUT2D eigenvalue weighted by Crippen LogP contribution is -2.59. The Morgan fingerprint density at radius 3 is 2.33 bits per heavy atom. The number of fused-ring (bicyclic) bond motifs is 1. The van der Waals surface area contributed by atoms with Gasteiger partial charge in [0.05, 0.1) is 6.54 Å². The molecule has 1 unspecified atom stereocenters. The number of rotatable bonds is 8. The Balaban J connectivity index is 1.64. The van der Waals surface area contributed by atoms with E-state index in [4.69, 9.17) is 9.47 Å². The maximum atomic E-state index is 14.1. The van der Waals surface area contributed by atoms with Gasteiger partial charge in [-0.3, -0.25) is 9.59 Å². The highest BCUT2D eigenvalue weighted by molar-refractivity contribution is 5.96. The third-order valence-corrected chi connectivity index (χ3v) is 7.69. The SMILES string of the molecule is C=CC1C[C@]1(NC(=O)[C@@H]1C[C@@H](Oc2cccc3ccccc23)CN1C(=O)[C@@H](NC(=O)OC(C)(C)C)C(C)(C)C)C(=O)O. The molecule has 10 nitrogen and oxygen atoms in total. The fraction of sp³-hybridized carbons (Fsp3) is 0.500. The molecule has 3 amide bonds. The second kappa shape index (κ2) is 11.3. The molecule has 10 heteroatoms. The van der Waals surface area contributed by atoms with E-state index in [1.54, 1.807) is 41.5 Å². The van der Waals surface area contributed by atoms with Gasteiger partial charge in [0.2, 0.25) is 11.8 Å². The summed E-state index contributed by atoms with van der Waals surface area (Å²) in [6.45, 7) is 14.3. The summed E-state index contributed by atoms with van der Waals surface area (Å²) in [6, 6.07) is 11.4. The van der Waals surface area contributed by atoms with Gasteiger partial charge in [-0.2, -0.15) is 0 Å². The molecule has 1 aliphatic heterocycles. The second-order valence-corrected chi connectivity index (χ2v) is 13.2. The number of carbonyl (C=O) groups is 4. The topological polar surface area (TPSA) is 134 Å². The first-order valence-corrected chi connectivity index (χ1v) is 14.2. The molecule has 1 saturated carbocycles. The molecular formula is C32H41N3O7. The number of carboxylic acids is 1. The Morgan fingerprint density at radius 1 is 1.07 bits per heavy atom. The van der Waals surface area contributed by atoms with Crippen molar-refractivity contribution in [2.75, 3.05) is 6.54 Å². The smallest absolute Gasteiger partial charge is 0.408 e. The van der Waals surface area contributed by atoms with Crippen LogP contribution in [0.25, 0.3) is 10.8 Å². The van der Waals surface area contributed by atoms with Crippen LogP contribution in [0.1, 0.15) is 54.4 Å². The second-order valence-electron chi connectivity index (χ2n) is 13.2. The van der Waals surface area contributed by atoms with Crippen LogP contribution in [-0.4, -0.2) is 69.8 Å². The van der Waals surface area contributed by atoms with E-state index in [2.05, 4.69) is 17.2 Å². The van der Waals surface area contributed by atoms with Crippen molar-refractivity contribution in [3.05, 3.63) is 55.1 Å². The number of benzene rings is 2. The fourth-order valence-corrected chi connectivity index (χ4v) is 5.41. The molecule has 1 aliphatic carbocycles. The van der Waals surface area contributed by atoms with E-state index in [9.17, 15) is 24.3 Å². The minimum Gasteiger partial charge on any atom is -0.488 e. The van der Waals surface area contributed by atoms with Crippen LogP contribution in [0, 0.1) is 11.3 Å². The third kappa shape index (κ3) is 6.53. The summed E-state index contributed by atoms with van der Waals surface area (Å²) in [5.74, 6) is -2.04. The average molecular weight is 580 g/mol. The first-order valence-electron chi connectivity index (χ1n) is 14.2. The van der Waals surface area contributed by atoms with Crippen molar-refractivity contribution in [2.45, 2.75) is 83.7 Å². The van der Waals surface area contributed by atoms with E-state index in [1.807, 2.05) is 42.5 Å². The molecule has 3 N–H and O–H groups in total.